The molecule has 1 aliphatic heterocycles. The molecule has 2 rings (SSSR count). The Hall–Kier alpha value is -1.60. The summed E-state index contributed by atoms with van der Waals surface area (Å²) in [5.74, 6) is -0.469. The van der Waals surface area contributed by atoms with Gasteiger partial charge in [-0.2, -0.15) is 0 Å². The zero-order valence-corrected chi connectivity index (χ0v) is 12.2. The number of hydrogen-bond donors (Lipinski definition) is 3. The zero-order chi connectivity index (χ0) is 15.2. The van der Waals surface area contributed by atoms with Gasteiger partial charge in [0.2, 0.25) is 11.8 Å². The maximum atomic E-state index is 13.6. The van der Waals surface area contributed by atoms with Gasteiger partial charge in [-0.15, -0.1) is 11.8 Å². The highest BCUT2D eigenvalue weighted by molar-refractivity contribution is 8.00. The lowest BCUT2D eigenvalue weighted by Gasteiger charge is -2.28. The molecule has 7 heteroatoms. The van der Waals surface area contributed by atoms with E-state index < -0.39 is 11.3 Å². The van der Waals surface area contributed by atoms with Crippen molar-refractivity contribution in [3.8, 4) is 0 Å². The van der Waals surface area contributed by atoms with Gasteiger partial charge in [-0.25, -0.2) is 4.39 Å². The lowest BCUT2D eigenvalue weighted by molar-refractivity contribution is -0.128. The molecule has 1 aliphatic rings. The fourth-order valence-electron chi connectivity index (χ4n) is 2.05. The van der Waals surface area contributed by atoms with Gasteiger partial charge >= 0.3 is 0 Å². The molecular formula is C14H17FN2O3S. The van der Waals surface area contributed by atoms with Gasteiger partial charge in [-0.1, -0.05) is 18.2 Å². The predicted octanol–water partition coefficient (Wildman–Crippen LogP) is 0.0769. The van der Waals surface area contributed by atoms with E-state index in [9.17, 15) is 14.0 Å². The van der Waals surface area contributed by atoms with Crippen LogP contribution in [0.15, 0.2) is 24.3 Å². The number of thioether (sulfide) groups is 1. The number of aliphatic hydroxyl groups is 1. The molecule has 1 aromatic carbocycles. The summed E-state index contributed by atoms with van der Waals surface area (Å²) in [5, 5.41) is 13.4. The Bertz CT molecular complexity index is 527. The van der Waals surface area contributed by atoms with Crippen LogP contribution >= 0.6 is 11.8 Å². The first-order valence-electron chi connectivity index (χ1n) is 6.65. The van der Waals surface area contributed by atoms with E-state index in [1.165, 1.54) is 17.8 Å². The minimum Gasteiger partial charge on any atom is -0.395 e. The third-order valence-corrected chi connectivity index (χ3v) is 4.47. The summed E-state index contributed by atoms with van der Waals surface area (Å²) in [7, 11) is 0. The van der Waals surface area contributed by atoms with E-state index >= 15 is 0 Å². The van der Waals surface area contributed by atoms with Gasteiger partial charge < -0.3 is 15.7 Å². The Labute approximate surface area is 126 Å². The van der Waals surface area contributed by atoms with Gasteiger partial charge in [0, 0.05) is 12.3 Å². The molecule has 0 saturated carbocycles. The monoisotopic (exact) mass is 312 g/mol. The van der Waals surface area contributed by atoms with E-state index in [4.69, 9.17) is 5.11 Å². The lowest BCUT2D eigenvalue weighted by Crippen LogP contribution is -2.54. The average molecular weight is 312 g/mol. The topological polar surface area (TPSA) is 78.4 Å². The van der Waals surface area contributed by atoms with Crippen molar-refractivity contribution < 1.29 is 19.1 Å². The Morgan fingerprint density at radius 1 is 1.48 bits per heavy atom. The van der Waals surface area contributed by atoms with Crippen LogP contribution in [0.1, 0.15) is 5.56 Å². The molecule has 2 amide bonds. The number of carbonyl (C=O) groups excluding carboxylic acids is 2. The van der Waals surface area contributed by atoms with Crippen molar-refractivity contribution in [2.45, 2.75) is 17.7 Å². The molecule has 5 nitrogen and oxygen atoms in total. The fourth-order valence-corrected chi connectivity index (χ4v) is 3.23. The first kappa shape index (κ1) is 15.8. The number of hydrogen-bond acceptors (Lipinski definition) is 4. The number of halogens is 1. The molecule has 3 N–H and O–H groups in total. The first-order valence-corrected chi connectivity index (χ1v) is 7.70. The number of carbonyl (C=O) groups is 2. The quantitative estimate of drug-likeness (QED) is 0.719. The maximum Gasteiger partial charge on any atom is 0.243 e. The van der Waals surface area contributed by atoms with Gasteiger partial charge in [-0.05, 0) is 18.1 Å². The SMILES string of the molecule is O=C1N[C@@H](C(=O)NCCO)CS[C@H]1Cc1ccccc1F. The summed E-state index contributed by atoms with van der Waals surface area (Å²) in [6.45, 7) is 0.0178. The predicted molar refractivity (Wildman–Crippen MR) is 78.4 cm³/mol. The van der Waals surface area contributed by atoms with Crippen molar-refractivity contribution >= 4 is 23.6 Å². The van der Waals surface area contributed by atoms with Crippen LogP contribution in [0.5, 0.6) is 0 Å². The van der Waals surface area contributed by atoms with E-state index in [0.717, 1.165) is 0 Å². The molecule has 21 heavy (non-hydrogen) atoms. The van der Waals surface area contributed by atoms with E-state index in [0.29, 0.717) is 17.7 Å². The van der Waals surface area contributed by atoms with Crippen molar-refractivity contribution in [3.63, 3.8) is 0 Å². The van der Waals surface area contributed by atoms with E-state index in [-0.39, 0.29) is 30.8 Å². The normalized spacial score (nSPS) is 21.7. The molecule has 0 bridgehead atoms. The van der Waals surface area contributed by atoms with Gasteiger partial charge in [-0.3, -0.25) is 9.59 Å². The summed E-state index contributed by atoms with van der Waals surface area (Å²) < 4.78 is 13.6. The zero-order valence-electron chi connectivity index (χ0n) is 11.3. The molecule has 0 unspecified atom stereocenters. The van der Waals surface area contributed by atoms with E-state index in [2.05, 4.69) is 10.6 Å². The van der Waals surface area contributed by atoms with Gasteiger partial charge in [0.15, 0.2) is 0 Å². The van der Waals surface area contributed by atoms with Crippen molar-refractivity contribution in [1.82, 2.24) is 10.6 Å². The van der Waals surface area contributed by atoms with E-state index in [1.807, 2.05) is 0 Å². The Morgan fingerprint density at radius 2 is 2.24 bits per heavy atom. The lowest BCUT2D eigenvalue weighted by atomic mass is 10.1. The highest BCUT2D eigenvalue weighted by atomic mass is 32.2. The average Bonchev–Trinajstić information content (AvgIpc) is 2.49. The molecular weight excluding hydrogens is 295 g/mol. The molecule has 1 heterocycles. The van der Waals surface area contributed by atoms with Crippen LogP contribution in [-0.2, 0) is 16.0 Å². The third kappa shape index (κ3) is 4.18. The van der Waals surface area contributed by atoms with Crippen LogP contribution in [0.25, 0.3) is 0 Å². The molecule has 1 fully saturated rings. The number of nitrogens with one attached hydrogen (secondary N) is 2. The van der Waals surface area contributed by atoms with Crippen molar-refractivity contribution in [3.05, 3.63) is 35.6 Å². The fraction of sp³-hybridized carbons (Fsp3) is 0.429. The second kappa shape index (κ2) is 7.42. The largest absolute Gasteiger partial charge is 0.395 e. The van der Waals surface area contributed by atoms with Gasteiger partial charge in [0.1, 0.15) is 11.9 Å². The minimum atomic E-state index is -0.606. The maximum absolute atomic E-state index is 13.6. The highest BCUT2D eigenvalue weighted by Crippen LogP contribution is 2.23. The second-order valence-corrected chi connectivity index (χ2v) is 5.93. The van der Waals surface area contributed by atoms with Crippen molar-refractivity contribution in [1.29, 1.82) is 0 Å². The summed E-state index contributed by atoms with van der Waals surface area (Å²) in [5.41, 5.74) is 0.494. The third-order valence-electron chi connectivity index (χ3n) is 3.16. The number of benzene rings is 1. The molecule has 0 aromatic heterocycles. The van der Waals surface area contributed by atoms with Crippen molar-refractivity contribution in [2.75, 3.05) is 18.9 Å². The van der Waals surface area contributed by atoms with E-state index in [1.54, 1.807) is 18.2 Å². The van der Waals surface area contributed by atoms with Crippen LogP contribution in [0.2, 0.25) is 0 Å². The Balaban J connectivity index is 1.91. The molecule has 0 radical (unpaired) electrons. The van der Waals surface area contributed by atoms with Crippen LogP contribution in [0.3, 0.4) is 0 Å². The molecule has 0 spiro atoms. The van der Waals surface area contributed by atoms with Gasteiger partial charge in [0.25, 0.3) is 0 Å². The molecule has 1 aromatic rings. The second-order valence-electron chi connectivity index (χ2n) is 4.69. The van der Waals surface area contributed by atoms with Crippen molar-refractivity contribution in [2.24, 2.45) is 0 Å². The summed E-state index contributed by atoms with van der Waals surface area (Å²) in [6, 6.07) is 5.75. The Kier molecular flexibility index (Phi) is 5.58. The molecule has 0 aliphatic carbocycles. The van der Waals surface area contributed by atoms with Crippen LogP contribution in [-0.4, -0.2) is 47.1 Å². The standard InChI is InChI=1S/C14H17FN2O3S/c15-10-4-2-1-3-9(10)7-12-14(20)17-11(8-21-12)13(19)16-5-6-18/h1-4,11-12,18H,5-8H2,(H,16,19)(H,17,20)/t11-,12+/m1/s1. The Morgan fingerprint density at radius 3 is 2.90 bits per heavy atom. The summed E-state index contributed by atoms with van der Waals surface area (Å²) in [6.07, 6.45) is 0.300. The highest BCUT2D eigenvalue weighted by Gasteiger charge is 2.32. The minimum absolute atomic E-state index is 0.143. The molecule has 1 saturated heterocycles. The molecule has 114 valence electrons. The molecule has 2 atom stereocenters. The van der Waals surface area contributed by atoms with Crippen LogP contribution in [0, 0.1) is 5.82 Å². The van der Waals surface area contributed by atoms with Gasteiger partial charge in [0.05, 0.1) is 11.9 Å². The first-order chi connectivity index (χ1) is 10.1. The summed E-state index contributed by atoms with van der Waals surface area (Å²) in [4.78, 5) is 23.7. The number of amides is 2. The summed E-state index contributed by atoms with van der Waals surface area (Å²) >= 11 is 1.34. The van der Waals surface area contributed by atoms with Crippen LogP contribution < -0.4 is 10.6 Å². The number of rotatable bonds is 5. The number of aliphatic hydroxyl groups excluding tert-OH is 1. The van der Waals surface area contributed by atoms with Crippen LogP contribution in [0.4, 0.5) is 4.39 Å². The smallest absolute Gasteiger partial charge is 0.243 e.